The van der Waals surface area contributed by atoms with Crippen LogP contribution in [0.5, 0.6) is 0 Å². The third-order valence-corrected chi connectivity index (χ3v) is 3.83. The molecule has 3 rings (SSSR count). The molecule has 1 aliphatic rings. The van der Waals surface area contributed by atoms with Gasteiger partial charge >= 0.3 is 0 Å². The van der Waals surface area contributed by atoms with Crippen molar-refractivity contribution in [3.63, 3.8) is 0 Å². The number of hydrogen-bond donors (Lipinski definition) is 0. The van der Waals surface area contributed by atoms with Crippen LogP contribution in [-0.4, -0.2) is 21.5 Å². The molecule has 1 aliphatic carbocycles. The number of pyridine rings is 2. The van der Waals surface area contributed by atoms with E-state index in [1.165, 1.54) is 19.3 Å². The molecule has 0 spiro atoms. The first-order chi connectivity index (χ1) is 10.3. The summed E-state index contributed by atoms with van der Waals surface area (Å²) in [6.07, 6.45) is 9.39. The molecule has 108 valence electrons. The van der Waals surface area contributed by atoms with E-state index >= 15 is 0 Å². The summed E-state index contributed by atoms with van der Waals surface area (Å²) in [7, 11) is 0. The molecule has 0 atom stereocenters. The fraction of sp³-hybridized carbons (Fsp3) is 0.353. The summed E-state index contributed by atoms with van der Waals surface area (Å²) < 4.78 is 1.59. The molecule has 0 bridgehead atoms. The quantitative estimate of drug-likeness (QED) is 0.849. The minimum atomic E-state index is -0.134. The van der Waals surface area contributed by atoms with Gasteiger partial charge in [-0.2, -0.15) is 0 Å². The van der Waals surface area contributed by atoms with E-state index in [0.29, 0.717) is 11.7 Å². The topological polar surface area (TPSA) is 47.2 Å². The summed E-state index contributed by atoms with van der Waals surface area (Å²) in [6.45, 7) is 0. The second kappa shape index (κ2) is 6.48. The molecule has 0 N–H and O–H groups in total. The lowest BCUT2D eigenvalue weighted by atomic mass is 9.96. The number of carbonyl (C=O) groups is 1. The minimum Gasteiger partial charge on any atom is -0.267 e. The average Bonchev–Trinajstić information content (AvgIpc) is 2.56. The van der Waals surface area contributed by atoms with Crippen molar-refractivity contribution in [1.29, 1.82) is 0 Å². The van der Waals surface area contributed by atoms with E-state index in [2.05, 4.69) is 4.98 Å². The third kappa shape index (κ3) is 3.27. The maximum absolute atomic E-state index is 12.5. The Hall–Kier alpha value is -2.23. The van der Waals surface area contributed by atoms with E-state index in [1.807, 2.05) is 24.3 Å². The van der Waals surface area contributed by atoms with E-state index in [-0.39, 0.29) is 5.91 Å². The molecule has 4 nitrogen and oxygen atoms in total. The van der Waals surface area contributed by atoms with Gasteiger partial charge in [-0.3, -0.25) is 19.3 Å². The van der Waals surface area contributed by atoms with Crippen LogP contribution in [0.1, 0.15) is 42.6 Å². The molecule has 1 fully saturated rings. The SMILES string of the molecule is O=C(c1ccccn1)n1ccccc1=NC1CCCCC1. The molecule has 0 aromatic carbocycles. The molecular formula is C17H19N3O. The van der Waals surface area contributed by atoms with Crippen LogP contribution in [0.15, 0.2) is 53.8 Å². The van der Waals surface area contributed by atoms with Gasteiger partial charge in [0, 0.05) is 12.4 Å². The number of nitrogens with zero attached hydrogens (tertiary/aromatic N) is 3. The zero-order valence-corrected chi connectivity index (χ0v) is 12.0. The molecule has 2 heterocycles. The first kappa shape index (κ1) is 13.7. The number of aromatic nitrogens is 2. The highest BCUT2D eigenvalue weighted by Gasteiger charge is 2.13. The van der Waals surface area contributed by atoms with Crippen LogP contribution in [-0.2, 0) is 0 Å². The normalized spacial score (nSPS) is 16.9. The Bertz CT molecular complexity index is 670. The van der Waals surface area contributed by atoms with Crippen molar-refractivity contribution >= 4 is 5.91 Å². The first-order valence-corrected chi connectivity index (χ1v) is 7.52. The lowest BCUT2D eigenvalue weighted by molar-refractivity contribution is 0.0949. The molecule has 0 amide bonds. The molecule has 2 aromatic heterocycles. The highest BCUT2D eigenvalue weighted by atomic mass is 16.2. The number of rotatable bonds is 2. The van der Waals surface area contributed by atoms with Crippen LogP contribution in [0.2, 0.25) is 0 Å². The Morgan fingerprint density at radius 1 is 1.10 bits per heavy atom. The predicted molar refractivity (Wildman–Crippen MR) is 80.8 cm³/mol. The summed E-state index contributed by atoms with van der Waals surface area (Å²) in [6, 6.07) is 11.4. The smallest absolute Gasteiger partial charge is 0.267 e. The highest BCUT2D eigenvalue weighted by Crippen LogP contribution is 2.19. The van der Waals surface area contributed by atoms with Crippen molar-refractivity contribution in [2.75, 3.05) is 0 Å². The molecule has 21 heavy (non-hydrogen) atoms. The lowest BCUT2D eigenvalue weighted by Crippen LogP contribution is -2.29. The largest absolute Gasteiger partial charge is 0.282 e. The predicted octanol–water partition coefficient (Wildman–Crippen LogP) is 2.81. The third-order valence-electron chi connectivity index (χ3n) is 3.83. The molecule has 4 heteroatoms. The van der Waals surface area contributed by atoms with Crippen LogP contribution in [0.25, 0.3) is 0 Å². The van der Waals surface area contributed by atoms with Crippen LogP contribution in [0.3, 0.4) is 0 Å². The maximum Gasteiger partial charge on any atom is 0.282 e. The summed E-state index contributed by atoms with van der Waals surface area (Å²) in [5, 5.41) is 0. The van der Waals surface area contributed by atoms with E-state index < -0.39 is 0 Å². The summed E-state index contributed by atoms with van der Waals surface area (Å²) in [4.78, 5) is 21.5. The van der Waals surface area contributed by atoms with E-state index in [1.54, 1.807) is 29.1 Å². The molecule has 2 aromatic rings. The van der Waals surface area contributed by atoms with Crippen molar-refractivity contribution < 1.29 is 4.79 Å². The average molecular weight is 281 g/mol. The van der Waals surface area contributed by atoms with Crippen LogP contribution in [0, 0.1) is 0 Å². The van der Waals surface area contributed by atoms with Gasteiger partial charge in [0.25, 0.3) is 5.91 Å². The molecule has 0 aliphatic heterocycles. The molecule has 0 saturated heterocycles. The fourth-order valence-electron chi connectivity index (χ4n) is 2.72. The van der Waals surface area contributed by atoms with Gasteiger partial charge < -0.3 is 0 Å². The van der Waals surface area contributed by atoms with Gasteiger partial charge in [0.15, 0.2) is 0 Å². The highest BCUT2D eigenvalue weighted by molar-refractivity contribution is 5.93. The first-order valence-electron chi connectivity index (χ1n) is 7.52. The number of carbonyl (C=O) groups excluding carboxylic acids is 1. The summed E-state index contributed by atoms with van der Waals surface area (Å²) >= 11 is 0. The van der Waals surface area contributed by atoms with Crippen LogP contribution >= 0.6 is 0 Å². The van der Waals surface area contributed by atoms with Crippen molar-refractivity contribution in [2.45, 2.75) is 38.1 Å². The minimum absolute atomic E-state index is 0.134. The van der Waals surface area contributed by atoms with Gasteiger partial charge in [-0.05, 0) is 37.1 Å². The zero-order valence-electron chi connectivity index (χ0n) is 12.0. The van der Waals surface area contributed by atoms with E-state index in [9.17, 15) is 4.79 Å². The Labute approximate surface area is 124 Å². The lowest BCUT2D eigenvalue weighted by Gasteiger charge is -2.17. The van der Waals surface area contributed by atoms with Crippen molar-refractivity contribution in [2.24, 2.45) is 4.99 Å². The Morgan fingerprint density at radius 2 is 1.90 bits per heavy atom. The second-order valence-corrected chi connectivity index (χ2v) is 5.37. The van der Waals surface area contributed by atoms with Crippen molar-refractivity contribution in [1.82, 2.24) is 9.55 Å². The molecular weight excluding hydrogens is 262 g/mol. The van der Waals surface area contributed by atoms with E-state index in [0.717, 1.165) is 18.3 Å². The maximum atomic E-state index is 12.5. The van der Waals surface area contributed by atoms with Crippen molar-refractivity contribution in [3.05, 3.63) is 60.0 Å². The molecule has 1 saturated carbocycles. The van der Waals surface area contributed by atoms with Gasteiger partial charge in [0.1, 0.15) is 11.2 Å². The zero-order chi connectivity index (χ0) is 14.5. The van der Waals surface area contributed by atoms with Crippen molar-refractivity contribution in [3.8, 4) is 0 Å². The molecule has 0 unspecified atom stereocenters. The van der Waals surface area contributed by atoms with Crippen LogP contribution < -0.4 is 5.49 Å². The number of hydrogen-bond acceptors (Lipinski definition) is 3. The summed E-state index contributed by atoms with van der Waals surface area (Å²) in [5.41, 5.74) is 1.16. The standard InChI is InChI=1S/C17H19N3O/c21-17(15-10-4-6-12-18-15)20-13-7-5-11-16(20)19-14-8-2-1-3-9-14/h4-7,10-14H,1-3,8-9H2. The van der Waals surface area contributed by atoms with Gasteiger partial charge in [0.2, 0.25) is 0 Å². The Balaban J connectivity index is 1.96. The van der Waals surface area contributed by atoms with Gasteiger partial charge in [-0.15, -0.1) is 0 Å². The molecule has 0 radical (unpaired) electrons. The Morgan fingerprint density at radius 3 is 2.67 bits per heavy atom. The monoisotopic (exact) mass is 281 g/mol. The van der Waals surface area contributed by atoms with Gasteiger partial charge in [-0.25, -0.2) is 0 Å². The second-order valence-electron chi connectivity index (χ2n) is 5.37. The van der Waals surface area contributed by atoms with Gasteiger partial charge in [0.05, 0.1) is 6.04 Å². The fourth-order valence-corrected chi connectivity index (χ4v) is 2.72. The summed E-state index contributed by atoms with van der Waals surface area (Å²) in [5.74, 6) is -0.134. The van der Waals surface area contributed by atoms with Crippen LogP contribution in [0.4, 0.5) is 0 Å². The van der Waals surface area contributed by atoms with E-state index in [4.69, 9.17) is 4.99 Å². The van der Waals surface area contributed by atoms with Gasteiger partial charge in [-0.1, -0.05) is 31.4 Å². The Kier molecular flexibility index (Phi) is 4.24.